The number of nitrogens with zero attached hydrogens (tertiary/aromatic N) is 1. The molecule has 14 heavy (non-hydrogen) atoms. The number of hydrogen-bond donors (Lipinski definition) is 2. The van der Waals surface area contributed by atoms with Crippen molar-refractivity contribution >= 4 is 0 Å². The molecule has 1 saturated heterocycles. The van der Waals surface area contributed by atoms with Gasteiger partial charge in [-0.1, -0.05) is 0 Å². The van der Waals surface area contributed by atoms with Crippen LogP contribution in [0.15, 0.2) is 0 Å². The Kier molecular flexibility index (Phi) is 5.40. The van der Waals surface area contributed by atoms with Gasteiger partial charge >= 0.3 is 0 Å². The fourth-order valence-corrected chi connectivity index (χ4v) is 1.74. The van der Waals surface area contributed by atoms with E-state index in [1.807, 2.05) is 0 Å². The maximum Gasteiger partial charge on any atom is 0.0597 e. The van der Waals surface area contributed by atoms with Crippen LogP contribution in [0.25, 0.3) is 0 Å². The van der Waals surface area contributed by atoms with E-state index in [1.54, 1.807) is 0 Å². The van der Waals surface area contributed by atoms with Gasteiger partial charge in [-0.15, -0.1) is 0 Å². The van der Waals surface area contributed by atoms with Crippen molar-refractivity contribution < 1.29 is 4.74 Å². The van der Waals surface area contributed by atoms with Crippen molar-refractivity contribution in [2.24, 2.45) is 5.73 Å². The topological polar surface area (TPSA) is 50.5 Å². The number of ether oxygens (including phenoxy) is 1. The number of nitrogens with one attached hydrogen (secondary N) is 1. The quantitative estimate of drug-likeness (QED) is 0.638. The Morgan fingerprint density at radius 2 is 2.36 bits per heavy atom. The smallest absolute Gasteiger partial charge is 0.0597 e. The van der Waals surface area contributed by atoms with E-state index in [1.165, 1.54) is 0 Å². The van der Waals surface area contributed by atoms with Crippen molar-refractivity contribution in [3.63, 3.8) is 0 Å². The number of piperazine rings is 1. The molecule has 0 aromatic rings. The van der Waals surface area contributed by atoms with Crippen molar-refractivity contribution in [1.82, 2.24) is 10.2 Å². The first kappa shape index (κ1) is 11.9. The molecule has 0 bridgehead atoms. The Labute approximate surface area is 86.8 Å². The third kappa shape index (κ3) is 3.92. The molecular formula is C10H23N3O. The average Bonchev–Trinajstić information content (AvgIpc) is 2.18. The second-order valence-electron chi connectivity index (χ2n) is 4.05. The molecule has 1 heterocycles. The summed E-state index contributed by atoms with van der Waals surface area (Å²) in [6, 6.07) is 0.486. The molecule has 0 amide bonds. The molecule has 0 radical (unpaired) electrons. The first-order valence-electron chi connectivity index (χ1n) is 5.50. The zero-order valence-corrected chi connectivity index (χ0v) is 9.33. The van der Waals surface area contributed by atoms with Gasteiger partial charge in [-0.05, 0) is 13.8 Å². The molecule has 1 aliphatic heterocycles. The van der Waals surface area contributed by atoms with Crippen molar-refractivity contribution in [3.05, 3.63) is 0 Å². The van der Waals surface area contributed by atoms with Crippen molar-refractivity contribution in [2.45, 2.75) is 26.0 Å². The predicted molar refractivity (Wildman–Crippen MR) is 58.4 cm³/mol. The Bertz CT molecular complexity index is 152. The second kappa shape index (κ2) is 6.35. The van der Waals surface area contributed by atoms with Gasteiger partial charge in [0.15, 0.2) is 0 Å². The minimum Gasteiger partial charge on any atom is -0.377 e. The van der Waals surface area contributed by atoms with Gasteiger partial charge in [-0.2, -0.15) is 0 Å². The number of nitrogens with two attached hydrogens (primary N) is 1. The lowest BCUT2D eigenvalue weighted by Gasteiger charge is -2.35. The Balaban J connectivity index is 2.19. The maximum atomic E-state index is 5.70. The van der Waals surface area contributed by atoms with Crippen LogP contribution in [0.1, 0.15) is 13.8 Å². The molecule has 1 atom stereocenters. The highest BCUT2D eigenvalue weighted by molar-refractivity contribution is 4.80. The number of hydrogen-bond acceptors (Lipinski definition) is 4. The standard InChI is InChI=1S/C10H23N3O/c1-9(2)14-6-5-13-4-3-12-8-10(13)7-11/h9-10,12H,3-8,11H2,1-2H3. The molecule has 1 aliphatic rings. The molecular weight excluding hydrogens is 178 g/mol. The van der Waals surface area contributed by atoms with Crippen molar-refractivity contribution in [2.75, 3.05) is 39.3 Å². The maximum absolute atomic E-state index is 5.70. The minimum atomic E-state index is 0.328. The zero-order valence-electron chi connectivity index (χ0n) is 9.33. The highest BCUT2D eigenvalue weighted by Gasteiger charge is 2.19. The van der Waals surface area contributed by atoms with Crippen LogP contribution in [-0.2, 0) is 4.74 Å². The minimum absolute atomic E-state index is 0.328. The Morgan fingerprint density at radius 1 is 1.57 bits per heavy atom. The number of rotatable bonds is 5. The van der Waals surface area contributed by atoms with Crippen LogP contribution in [0.3, 0.4) is 0 Å². The van der Waals surface area contributed by atoms with Crippen LogP contribution < -0.4 is 11.1 Å². The van der Waals surface area contributed by atoms with E-state index in [2.05, 4.69) is 24.1 Å². The van der Waals surface area contributed by atoms with E-state index in [9.17, 15) is 0 Å². The molecule has 0 aromatic heterocycles. The van der Waals surface area contributed by atoms with Crippen LogP contribution in [0.2, 0.25) is 0 Å². The van der Waals surface area contributed by atoms with Crippen LogP contribution in [0.5, 0.6) is 0 Å². The van der Waals surface area contributed by atoms with E-state index >= 15 is 0 Å². The molecule has 3 N–H and O–H groups in total. The molecule has 1 unspecified atom stereocenters. The molecule has 0 spiro atoms. The summed E-state index contributed by atoms with van der Waals surface area (Å²) in [5.41, 5.74) is 5.70. The van der Waals surface area contributed by atoms with Crippen LogP contribution in [0, 0.1) is 0 Å². The molecule has 1 rings (SSSR count). The summed E-state index contributed by atoms with van der Waals surface area (Å²) in [5.74, 6) is 0. The van der Waals surface area contributed by atoms with E-state index in [-0.39, 0.29) is 0 Å². The zero-order chi connectivity index (χ0) is 10.4. The fourth-order valence-electron chi connectivity index (χ4n) is 1.74. The highest BCUT2D eigenvalue weighted by atomic mass is 16.5. The van der Waals surface area contributed by atoms with E-state index in [0.717, 1.165) is 39.3 Å². The SMILES string of the molecule is CC(C)OCCN1CCNCC1CN. The summed E-state index contributed by atoms with van der Waals surface area (Å²) in [6.07, 6.45) is 0.328. The lowest BCUT2D eigenvalue weighted by atomic mass is 10.2. The van der Waals surface area contributed by atoms with E-state index in [0.29, 0.717) is 12.1 Å². The first-order valence-corrected chi connectivity index (χ1v) is 5.50. The largest absolute Gasteiger partial charge is 0.377 e. The third-order valence-electron chi connectivity index (χ3n) is 2.57. The van der Waals surface area contributed by atoms with E-state index < -0.39 is 0 Å². The van der Waals surface area contributed by atoms with Crippen LogP contribution in [-0.4, -0.2) is 56.4 Å². The molecule has 84 valence electrons. The molecule has 0 aromatic carbocycles. The van der Waals surface area contributed by atoms with Gasteiger partial charge in [0.05, 0.1) is 12.7 Å². The first-order chi connectivity index (χ1) is 6.74. The van der Waals surface area contributed by atoms with Crippen molar-refractivity contribution in [1.29, 1.82) is 0 Å². The summed E-state index contributed by atoms with van der Waals surface area (Å²) >= 11 is 0. The van der Waals surface area contributed by atoms with Gasteiger partial charge in [0.25, 0.3) is 0 Å². The van der Waals surface area contributed by atoms with Gasteiger partial charge in [-0.3, -0.25) is 4.90 Å². The highest BCUT2D eigenvalue weighted by Crippen LogP contribution is 2.01. The lowest BCUT2D eigenvalue weighted by molar-refractivity contribution is 0.0445. The summed E-state index contributed by atoms with van der Waals surface area (Å²) in [6.45, 7) is 9.85. The molecule has 1 fully saturated rings. The summed E-state index contributed by atoms with van der Waals surface area (Å²) in [4.78, 5) is 2.42. The second-order valence-corrected chi connectivity index (χ2v) is 4.05. The lowest BCUT2D eigenvalue weighted by Crippen LogP contribution is -2.55. The van der Waals surface area contributed by atoms with Gasteiger partial charge in [-0.25, -0.2) is 0 Å². The molecule has 4 nitrogen and oxygen atoms in total. The van der Waals surface area contributed by atoms with Crippen molar-refractivity contribution in [3.8, 4) is 0 Å². The normalized spacial score (nSPS) is 24.4. The summed E-state index contributed by atoms with van der Waals surface area (Å²) in [5, 5.41) is 3.35. The van der Waals surface area contributed by atoms with E-state index in [4.69, 9.17) is 10.5 Å². The monoisotopic (exact) mass is 201 g/mol. The predicted octanol–water partition coefficient (Wildman–Crippen LogP) is -0.356. The Hall–Kier alpha value is -0.160. The van der Waals surface area contributed by atoms with Gasteiger partial charge < -0.3 is 15.8 Å². The summed E-state index contributed by atoms with van der Waals surface area (Å²) < 4.78 is 5.53. The average molecular weight is 201 g/mol. The summed E-state index contributed by atoms with van der Waals surface area (Å²) in [7, 11) is 0. The van der Waals surface area contributed by atoms with Crippen LogP contribution in [0.4, 0.5) is 0 Å². The molecule has 4 heteroatoms. The van der Waals surface area contributed by atoms with Gasteiger partial charge in [0, 0.05) is 38.8 Å². The van der Waals surface area contributed by atoms with Gasteiger partial charge in [0.1, 0.15) is 0 Å². The van der Waals surface area contributed by atoms with Crippen LogP contribution >= 0.6 is 0 Å². The fraction of sp³-hybridized carbons (Fsp3) is 1.00. The molecule has 0 aliphatic carbocycles. The Morgan fingerprint density at radius 3 is 3.00 bits per heavy atom. The molecule has 0 saturated carbocycles. The third-order valence-corrected chi connectivity index (χ3v) is 2.57. The van der Waals surface area contributed by atoms with Gasteiger partial charge in [0.2, 0.25) is 0 Å².